The van der Waals surface area contributed by atoms with Gasteiger partial charge in [0.1, 0.15) is 0 Å². The highest BCUT2D eigenvalue weighted by Crippen LogP contribution is 2.09. The predicted molar refractivity (Wildman–Crippen MR) is 70.5 cm³/mol. The van der Waals surface area contributed by atoms with E-state index in [0.717, 1.165) is 0 Å². The van der Waals surface area contributed by atoms with E-state index in [-0.39, 0.29) is 29.5 Å². The van der Waals surface area contributed by atoms with E-state index in [1.165, 1.54) is 9.58 Å². The molecule has 0 bridgehead atoms. The number of nitrogens with zero attached hydrogens (tertiary/aromatic N) is 6. The van der Waals surface area contributed by atoms with E-state index in [9.17, 15) is 4.79 Å². The molecule has 0 aliphatic rings. The van der Waals surface area contributed by atoms with Gasteiger partial charge in [0.2, 0.25) is 5.95 Å². The fourth-order valence-corrected chi connectivity index (χ4v) is 1.44. The van der Waals surface area contributed by atoms with Crippen LogP contribution in [0.2, 0.25) is 0 Å². The second-order valence-corrected chi connectivity index (χ2v) is 4.05. The minimum absolute atomic E-state index is 0.0226. The van der Waals surface area contributed by atoms with Gasteiger partial charge < -0.3 is 15.4 Å². The van der Waals surface area contributed by atoms with Gasteiger partial charge in [-0.3, -0.25) is 4.79 Å². The number of hydrogen-bond donors (Lipinski definition) is 1. The number of nitrogens with two attached hydrogens (primary N) is 1. The van der Waals surface area contributed by atoms with Gasteiger partial charge in [0.15, 0.2) is 5.69 Å². The van der Waals surface area contributed by atoms with Crippen molar-refractivity contribution in [1.82, 2.24) is 29.6 Å². The van der Waals surface area contributed by atoms with Crippen molar-refractivity contribution in [2.45, 2.75) is 6.92 Å². The molecule has 0 saturated heterocycles. The molecule has 0 fully saturated rings. The Morgan fingerprint density at radius 3 is 2.80 bits per heavy atom. The van der Waals surface area contributed by atoms with Crippen molar-refractivity contribution >= 4 is 11.9 Å². The van der Waals surface area contributed by atoms with Crippen molar-refractivity contribution in [2.75, 3.05) is 26.4 Å². The Hall–Kier alpha value is -2.71. The Bertz CT molecular complexity index is 623. The highest BCUT2D eigenvalue weighted by molar-refractivity contribution is 5.91. The molecule has 9 nitrogen and oxygen atoms in total. The van der Waals surface area contributed by atoms with E-state index in [1.807, 2.05) is 0 Å². The normalized spacial score (nSPS) is 10.3. The number of aromatic nitrogens is 5. The zero-order chi connectivity index (χ0) is 14.7. The monoisotopic (exact) mass is 277 g/mol. The predicted octanol–water partition coefficient (Wildman–Crippen LogP) is -0.260. The number of rotatable bonds is 4. The standard InChI is InChI=1S/C11H15N7O2/c1-4-20-11-14-9(12)13-10(15-11)18-6-5-7(16-18)8(19)17(2)3/h5-6H,4H2,1-3H3,(H2,12,13,14,15). The third kappa shape index (κ3) is 2.82. The Kier molecular flexibility index (Phi) is 3.78. The summed E-state index contributed by atoms with van der Waals surface area (Å²) in [6, 6.07) is 1.69. The lowest BCUT2D eigenvalue weighted by atomic mass is 10.4. The molecule has 0 aliphatic carbocycles. The van der Waals surface area contributed by atoms with E-state index >= 15 is 0 Å². The molecule has 0 radical (unpaired) electrons. The second kappa shape index (κ2) is 5.51. The summed E-state index contributed by atoms with van der Waals surface area (Å²) in [5.74, 6) is 0.00371. The molecular weight excluding hydrogens is 262 g/mol. The molecular formula is C11H15N7O2. The molecule has 1 amide bonds. The van der Waals surface area contributed by atoms with Gasteiger partial charge in [-0.15, -0.1) is 0 Å². The molecule has 0 unspecified atom stereocenters. The zero-order valence-electron chi connectivity index (χ0n) is 11.4. The first kappa shape index (κ1) is 13.7. The van der Waals surface area contributed by atoms with Crippen LogP contribution in [0.3, 0.4) is 0 Å². The van der Waals surface area contributed by atoms with E-state index in [0.29, 0.717) is 6.61 Å². The van der Waals surface area contributed by atoms with Crippen molar-refractivity contribution in [1.29, 1.82) is 0 Å². The largest absolute Gasteiger partial charge is 0.464 e. The van der Waals surface area contributed by atoms with Gasteiger partial charge in [-0.25, -0.2) is 4.68 Å². The summed E-state index contributed by atoms with van der Waals surface area (Å²) >= 11 is 0. The average Bonchev–Trinajstić information content (AvgIpc) is 2.87. The van der Waals surface area contributed by atoms with Gasteiger partial charge in [0, 0.05) is 20.3 Å². The van der Waals surface area contributed by atoms with Crippen molar-refractivity contribution in [2.24, 2.45) is 0 Å². The summed E-state index contributed by atoms with van der Waals surface area (Å²) < 4.78 is 6.53. The molecule has 0 aromatic carbocycles. The molecule has 2 N–H and O–H groups in total. The Balaban J connectivity index is 2.34. The second-order valence-electron chi connectivity index (χ2n) is 4.05. The minimum Gasteiger partial charge on any atom is -0.464 e. The first-order valence-corrected chi connectivity index (χ1v) is 5.93. The summed E-state index contributed by atoms with van der Waals surface area (Å²) in [5, 5.41) is 4.11. The first-order valence-electron chi connectivity index (χ1n) is 5.93. The van der Waals surface area contributed by atoms with Crippen LogP contribution >= 0.6 is 0 Å². The van der Waals surface area contributed by atoms with Gasteiger partial charge in [-0.05, 0) is 13.0 Å². The number of nitrogen functional groups attached to an aromatic ring is 1. The number of amides is 1. The number of carbonyl (C=O) groups excluding carboxylic acids is 1. The Morgan fingerprint density at radius 1 is 1.40 bits per heavy atom. The molecule has 2 aromatic heterocycles. The average molecular weight is 277 g/mol. The molecule has 0 atom stereocenters. The summed E-state index contributed by atoms with van der Waals surface area (Å²) in [5.41, 5.74) is 5.87. The fourth-order valence-electron chi connectivity index (χ4n) is 1.44. The number of hydrogen-bond acceptors (Lipinski definition) is 7. The SMILES string of the molecule is CCOc1nc(N)nc(-n2ccc(C(=O)N(C)C)n2)n1. The van der Waals surface area contributed by atoms with E-state index in [1.54, 1.807) is 33.3 Å². The topological polar surface area (TPSA) is 112 Å². The van der Waals surface area contributed by atoms with Crippen LogP contribution in [0.25, 0.3) is 5.95 Å². The molecule has 106 valence electrons. The lowest BCUT2D eigenvalue weighted by Crippen LogP contribution is -2.22. The first-order chi connectivity index (χ1) is 9.51. The quantitative estimate of drug-likeness (QED) is 0.819. The smallest absolute Gasteiger partial charge is 0.323 e. The van der Waals surface area contributed by atoms with Crippen LogP contribution in [0.5, 0.6) is 6.01 Å². The minimum atomic E-state index is -0.212. The molecule has 2 heterocycles. The Labute approximate surface area is 115 Å². The third-order valence-corrected chi connectivity index (χ3v) is 2.31. The third-order valence-electron chi connectivity index (χ3n) is 2.31. The molecule has 0 spiro atoms. The lowest BCUT2D eigenvalue weighted by molar-refractivity contribution is 0.0821. The van der Waals surface area contributed by atoms with Crippen molar-refractivity contribution < 1.29 is 9.53 Å². The van der Waals surface area contributed by atoms with E-state index in [4.69, 9.17) is 10.5 Å². The number of ether oxygens (including phenoxy) is 1. The van der Waals surface area contributed by atoms with Crippen LogP contribution < -0.4 is 10.5 Å². The molecule has 2 rings (SSSR count). The van der Waals surface area contributed by atoms with Gasteiger partial charge in [-0.1, -0.05) is 0 Å². The number of carbonyl (C=O) groups is 1. The van der Waals surface area contributed by atoms with Crippen LogP contribution in [0.15, 0.2) is 12.3 Å². The molecule has 20 heavy (non-hydrogen) atoms. The van der Waals surface area contributed by atoms with Crippen LogP contribution in [-0.2, 0) is 0 Å². The lowest BCUT2D eigenvalue weighted by Gasteiger charge is -2.07. The molecule has 0 aliphatic heterocycles. The summed E-state index contributed by atoms with van der Waals surface area (Å²) in [6.45, 7) is 2.22. The molecule has 0 saturated carbocycles. The number of anilines is 1. The van der Waals surface area contributed by atoms with Gasteiger partial charge >= 0.3 is 6.01 Å². The molecule has 2 aromatic rings. The van der Waals surface area contributed by atoms with Crippen molar-refractivity contribution in [3.8, 4) is 12.0 Å². The van der Waals surface area contributed by atoms with Crippen molar-refractivity contribution in [3.05, 3.63) is 18.0 Å². The van der Waals surface area contributed by atoms with Gasteiger partial charge in [0.25, 0.3) is 11.9 Å². The highest BCUT2D eigenvalue weighted by Gasteiger charge is 2.14. The maximum Gasteiger partial charge on any atom is 0.323 e. The summed E-state index contributed by atoms with van der Waals surface area (Å²) in [6.07, 6.45) is 1.57. The van der Waals surface area contributed by atoms with E-state index < -0.39 is 0 Å². The van der Waals surface area contributed by atoms with Crippen molar-refractivity contribution in [3.63, 3.8) is 0 Å². The van der Waals surface area contributed by atoms with Crippen LogP contribution in [0, 0.1) is 0 Å². The zero-order valence-corrected chi connectivity index (χ0v) is 11.4. The van der Waals surface area contributed by atoms with E-state index in [2.05, 4.69) is 20.1 Å². The van der Waals surface area contributed by atoms with Crippen LogP contribution in [0.4, 0.5) is 5.95 Å². The van der Waals surface area contributed by atoms with Gasteiger partial charge in [0.05, 0.1) is 6.61 Å². The summed E-state index contributed by atoms with van der Waals surface area (Å²) in [7, 11) is 3.30. The van der Waals surface area contributed by atoms with Gasteiger partial charge in [-0.2, -0.15) is 20.1 Å². The molecule has 9 heteroatoms. The maximum atomic E-state index is 11.8. The maximum absolute atomic E-state index is 11.8. The van der Waals surface area contributed by atoms with Crippen LogP contribution in [-0.4, -0.2) is 56.2 Å². The fraction of sp³-hybridized carbons (Fsp3) is 0.364. The van der Waals surface area contributed by atoms with Crippen LogP contribution in [0.1, 0.15) is 17.4 Å². The summed E-state index contributed by atoms with van der Waals surface area (Å²) in [4.78, 5) is 25.1. The Morgan fingerprint density at radius 2 is 2.15 bits per heavy atom. The highest BCUT2D eigenvalue weighted by atomic mass is 16.5.